The molecule has 4 aromatic carbocycles. The summed E-state index contributed by atoms with van der Waals surface area (Å²) in [6.45, 7) is 3.84. The van der Waals surface area contributed by atoms with E-state index in [0.29, 0.717) is 0 Å². The third kappa shape index (κ3) is 3.98. The Morgan fingerprint density at radius 1 is 0.732 bits per heavy atom. The van der Waals surface area contributed by atoms with E-state index in [0.717, 1.165) is 66.8 Å². The number of aliphatic imine (C=N–C) groups is 1. The lowest BCUT2D eigenvalue weighted by molar-refractivity contribution is 0.669. The van der Waals surface area contributed by atoms with Crippen molar-refractivity contribution in [1.29, 1.82) is 0 Å². The largest absolute Gasteiger partial charge is 0.456 e. The van der Waals surface area contributed by atoms with Crippen molar-refractivity contribution in [3.63, 3.8) is 0 Å². The Hall–Kier alpha value is -5.55. The zero-order chi connectivity index (χ0) is 27.9. The molecule has 0 bridgehead atoms. The number of nitrogen functional groups attached to an aromatic ring is 1. The number of hydrogen-bond donors (Lipinski definition) is 1. The van der Waals surface area contributed by atoms with Crippen molar-refractivity contribution in [2.24, 2.45) is 4.99 Å². The van der Waals surface area contributed by atoms with E-state index in [2.05, 4.69) is 99.6 Å². The highest BCUT2D eigenvalue weighted by molar-refractivity contribution is 6.07. The van der Waals surface area contributed by atoms with E-state index in [1.54, 1.807) is 19.3 Å². The number of benzene rings is 4. The van der Waals surface area contributed by atoms with Crippen LogP contribution in [0.15, 0.2) is 125 Å². The average Bonchev–Trinajstić information content (AvgIpc) is 3.65. The Balaban J connectivity index is 1.46. The van der Waals surface area contributed by atoms with Gasteiger partial charge in [-0.3, -0.25) is 4.99 Å². The molecule has 0 atom stereocenters. The van der Waals surface area contributed by atoms with Crippen molar-refractivity contribution in [2.75, 3.05) is 12.8 Å². The maximum Gasteiger partial charge on any atom is 0.135 e. The molecule has 3 heterocycles. The Morgan fingerprint density at radius 3 is 2.15 bits per heavy atom. The van der Waals surface area contributed by atoms with Gasteiger partial charge in [0, 0.05) is 51.9 Å². The van der Waals surface area contributed by atoms with Gasteiger partial charge in [-0.15, -0.1) is 0 Å². The molecular weight excluding hydrogens is 504 g/mol. The van der Waals surface area contributed by atoms with Gasteiger partial charge in [0.15, 0.2) is 0 Å². The van der Waals surface area contributed by atoms with Crippen LogP contribution < -0.4 is 5.73 Å². The van der Waals surface area contributed by atoms with Gasteiger partial charge in [0.05, 0.1) is 22.4 Å². The lowest BCUT2D eigenvalue weighted by Crippen LogP contribution is -1.98. The first-order valence-corrected chi connectivity index (χ1v) is 13.5. The SMILES string of the molecule is C=C/C=C\c1c(N)c2ccccc2n1-c1ccc2oc3ccc(-n4c(/C=C\C=NC)cc5ccccc54)cc3c2c1. The number of nitrogens with two attached hydrogens (primary N) is 1. The maximum atomic E-state index is 6.64. The second kappa shape index (κ2) is 9.88. The molecule has 0 aliphatic carbocycles. The summed E-state index contributed by atoms with van der Waals surface area (Å²) in [6, 6.07) is 31.5. The fourth-order valence-electron chi connectivity index (χ4n) is 5.73. The van der Waals surface area contributed by atoms with E-state index in [9.17, 15) is 0 Å². The minimum atomic E-state index is 0.742. The van der Waals surface area contributed by atoms with E-state index in [1.807, 2.05) is 36.4 Å². The summed E-state index contributed by atoms with van der Waals surface area (Å²) in [5.41, 5.74) is 15.3. The van der Waals surface area contributed by atoms with Crippen LogP contribution in [0, 0.1) is 0 Å². The van der Waals surface area contributed by atoms with Gasteiger partial charge in [0.1, 0.15) is 11.2 Å². The second-order valence-corrected chi connectivity index (χ2v) is 9.94. The molecule has 7 rings (SSSR count). The Kier molecular flexibility index (Phi) is 5.90. The third-order valence-electron chi connectivity index (χ3n) is 7.54. The Bertz CT molecular complexity index is 2200. The zero-order valence-corrected chi connectivity index (χ0v) is 22.7. The van der Waals surface area contributed by atoms with Gasteiger partial charge >= 0.3 is 0 Å². The summed E-state index contributed by atoms with van der Waals surface area (Å²) in [4.78, 5) is 4.10. The third-order valence-corrected chi connectivity index (χ3v) is 7.54. The van der Waals surface area contributed by atoms with Crippen LogP contribution in [0.25, 0.3) is 67.3 Å². The number of rotatable bonds is 6. The van der Waals surface area contributed by atoms with Crippen molar-refractivity contribution in [2.45, 2.75) is 0 Å². The van der Waals surface area contributed by atoms with Gasteiger partial charge in [0.2, 0.25) is 0 Å². The second-order valence-electron chi connectivity index (χ2n) is 9.94. The van der Waals surface area contributed by atoms with E-state index in [-0.39, 0.29) is 0 Å². The quantitative estimate of drug-likeness (QED) is 0.172. The Labute approximate surface area is 237 Å². The molecule has 0 radical (unpaired) electrons. The lowest BCUT2D eigenvalue weighted by atomic mass is 10.1. The topological polar surface area (TPSA) is 61.4 Å². The summed E-state index contributed by atoms with van der Waals surface area (Å²) in [5, 5.41) is 4.29. The van der Waals surface area contributed by atoms with E-state index >= 15 is 0 Å². The van der Waals surface area contributed by atoms with Crippen LogP contribution in [0.3, 0.4) is 0 Å². The number of aromatic nitrogens is 2. The monoisotopic (exact) mass is 532 g/mol. The molecule has 2 N–H and O–H groups in total. The molecule has 198 valence electrons. The van der Waals surface area contributed by atoms with Gasteiger partial charge in [0.25, 0.3) is 0 Å². The van der Waals surface area contributed by atoms with E-state index in [4.69, 9.17) is 10.2 Å². The number of fused-ring (bicyclic) bond motifs is 5. The predicted octanol–water partition coefficient (Wildman–Crippen LogP) is 8.97. The van der Waals surface area contributed by atoms with Crippen LogP contribution in [0.4, 0.5) is 5.69 Å². The molecule has 0 amide bonds. The summed E-state index contributed by atoms with van der Waals surface area (Å²) < 4.78 is 10.8. The van der Waals surface area contributed by atoms with Crippen LogP contribution in [-0.2, 0) is 0 Å². The molecule has 0 aliphatic heterocycles. The molecule has 7 aromatic rings. The maximum absolute atomic E-state index is 6.64. The number of hydrogen-bond acceptors (Lipinski definition) is 3. The van der Waals surface area contributed by atoms with Gasteiger partial charge in [-0.25, -0.2) is 0 Å². The van der Waals surface area contributed by atoms with E-state index < -0.39 is 0 Å². The molecule has 0 unspecified atom stereocenters. The molecule has 0 saturated heterocycles. The molecule has 5 heteroatoms. The number of nitrogens with zero attached hydrogens (tertiary/aromatic N) is 3. The van der Waals surface area contributed by atoms with E-state index in [1.165, 1.54) is 5.39 Å². The zero-order valence-electron chi connectivity index (χ0n) is 22.7. The Morgan fingerprint density at radius 2 is 1.41 bits per heavy atom. The average molecular weight is 533 g/mol. The molecule has 0 aliphatic rings. The summed E-state index contributed by atoms with van der Waals surface area (Å²) in [5.74, 6) is 0. The van der Waals surface area contributed by atoms with Crippen LogP contribution >= 0.6 is 0 Å². The molecule has 41 heavy (non-hydrogen) atoms. The number of furan rings is 1. The van der Waals surface area contributed by atoms with Gasteiger partial charge < -0.3 is 19.3 Å². The van der Waals surface area contributed by atoms with Crippen molar-refractivity contribution in [3.05, 3.63) is 127 Å². The van der Waals surface area contributed by atoms with Crippen LogP contribution in [-0.4, -0.2) is 22.4 Å². The highest BCUT2D eigenvalue weighted by Crippen LogP contribution is 2.37. The number of anilines is 1. The first kappa shape index (κ1) is 24.5. The minimum Gasteiger partial charge on any atom is -0.456 e. The number of para-hydroxylation sites is 2. The van der Waals surface area contributed by atoms with Crippen molar-refractivity contribution < 1.29 is 4.42 Å². The smallest absolute Gasteiger partial charge is 0.135 e. The highest BCUT2D eigenvalue weighted by atomic mass is 16.3. The summed E-state index contributed by atoms with van der Waals surface area (Å²) >= 11 is 0. The minimum absolute atomic E-state index is 0.742. The summed E-state index contributed by atoms with van der Waals surface area (Å²) in [6.07, 6.45) is 11.5. The highest BCUT2D eigenvalue weighted by Gasteiger charge is 2.17. The molecule has 5 nitrogen and oxygen atoms in total. The predicted molar refractivity (Wildman–Crippen MR) is 174 cm³/mol. The first-order chi connectivity index (χ1) is 20.2. The molecular formula is C36H28N4O. The molecule has 0 saturated carbocycles. The van der Waals surface area contributed by atoms with Crippen molar-refractivity contribution in [3.8, 4) is 11.4 Å². The van der Waals surface area contributed by atoms with Crippen LogP contribution in [0.5, 0.6) is 0 Å². The standard InChI is InChI=1S/C36H28N4O/c1-3-4-13-33-36(37)28-12-6-8-15-32(28)40(33)27-17-19-35-30(23-27)29-22-26(16-18-34(29)41-35)39-25(11-9-20-38-2)21-24-10-5-7-14-31(24)39/h3-23H,1,37H2,2H3/b11-9-,13-4-,38-20?. The molecule has 0 spiro atoms. The van der Waals surface area contributed by atoms with Crippen molar-refractivity contribution >= 4 is 67.8 Å². The fraction of sp³-hybridized carbons (Fsp3) is 0.0278. The fourth-order valence-corrected chi connectivity index (χ4v) is 5.73. The summed E-state index contributed by atoms with van der Waals surface area (Å²) in [7, 11) is 1.77. The molecule has 3 aromatic heterocycles. The van der Waals surface area contributed by atoms with Gasteiger partial charge in [-0.05, 0) is 72.8 Å². The van der Waals surface area contributed by atoms with Gasteiger partial charge in [-0.1, -0.05) is 55.1 Å². The first-order valence-electron chi connectivity index (χ1n) is 13.5. The lowest BCUT2D eigenvalue weighted by Gasteiger charge is -2.10. The van der Waals surface area contributed by atoms with Crippen molar-refractivity contribution in [1.82, 2.24) is 9.13 Å². The van der Waals surface area contributed by atoms with Gasteiger partial charge in [-0.2, -0.15) is 0 Å². The van der Waals surface area contributed by atoms with Crippen LogP contribution in [0.1, 0.15) is 11.4 Å². The molecule has 0 fully saturated rings. The number of allylic oxidation sites excluding steroid dienone is 3. The normalized spacial score (nSPS) is 12.4. The van der Waals surface area contributed by atoms with Crippen LogP contribution in [0.2, 0.25) is 0 Å².